The number of sulfone groups is 1. The Bertz CT molecular complexity index is 1150. The molecule has 0 amide bonds. The highest BCUT2D eigenvalue weighted by Gasteiger charge is 2.53. The van der Waals surface area contributed by atoms with E-state index in [0.29, 0.717) is 28.8 Å². The normalized spacial score (nSPS) is 26.8. The summed E-state index contributed by atoms with van der Waals surface area (Å²) in [6, 6.07) is 3.53. The van der Waals surface area contributed by atoms with Crippen LogP contribution in [0.2, 0.25) is 0 Å². The number of rotatable bonds is 4. The van der Waals surface area contributed by atoms with E-state index in [1.165, 1.54) is 6.20 Å². The van der Waals surface area contributed by atoms with Crippen LogP contribution in [-0.4, -0.2) is 58.7 Å². The maximum atomic E-state index is 13.2. The number of hydrogen-bond acceptors (Lipinski definition) is 5. The fourth-order valence-corrected chi connectivity index (χ4v) is 8.22. The van der Waals surface area contributed by atoms with Gasteiger partial charge in [-0.3, -0.25) is 14.6 Å². The Kier molecular flexibility index (Phi) is 5.39. The van der Waals surface area contributed by atoms with Gasteiger partial charge in [-0.05, 0) is 58.2 Å². The molecule has 0 radical (unpaired) electrons. The van der Waals surface area contributed by atoms with E-state index in [1.807, 2.05) is 24.6 Å². The zero-order valence-corrected chi connectivity index (χ0v) is 19.7. The zero-order valence-electron chi connectivity index (χ0n) is 18.8. The van der Waals surface area contributed by atoms with Crippen LogP contribution in [0.3, 0.4) is 0 Å². The Hall–Kier alpha value is -1.94. The van der Waals surface area contributed by atoms with Gasteiger partial charge in [0, 0.05) is 53.6 Å². The van der Waals surface area contributed by atoms with Crippen molar-refractivity contribution in [3.8, 4) is 11.3 Å². The highest BCUT2D eigenvalue weighted by molar-refractivity contribution is 7.92. The summed E-state index contributed by atoms with van der Waals surface area (Å²) in [4.78, 5) is 6.25. The number of hydrogen-bond donors (Lipinski definition) is 0. The van der Waals surface area contributed by atoms with Crippen molar-refractivity contribution in [3.05, 3.63) is 35.8 Å². The second-order valence-electron chi connectivity index (χ2n) is 10.4. The van der Waals surface area contributed by atoms with Gasteiger partial charge in [-0.15, -0.1) is 0 Å². The summed E-state index contributed by atoms with van der Waals surface area (Å²) in [5, 5.41) is 4.66. The maximum absolute atomic E-state index is 13.2. The third-order valence-corrected chi connectivity index (χ3v) is 9.58. The molecule has 2 aromatic rings. The van der Waals surface area contributed by atoms with Crippen LogP contribution in [-0.2, 0) is 16.0 Å². The minimum atomic E-state index is -4.45. The van der Waals surface area contributed by atoms with Crippen molar-refractivity contribution in [2.24, 2.45) is 5.41 Å². The lowest BCUT2D eigenvalue weighted by atomic mass is 9.91. The second kappa shape index (κ2) is 7.80. The van der Waals surface area contributed by atoms with Crippen LogP contribution in [0.4, 0.5) is 13.2 Å². The second-order valence-corrected chi connectivity index (χ2v) is 12.4. The Morgan fingerprint density at radius 1 is 1.15 bits per heavy atom. The predicted molar refractivity (Wildman–Crippen MR) is 119 cm³/mol. The number of nitrogens with zero attached hydrogens (tertiary/aromatic N) is 4. The molecular weight excluding hydrogens is 453 g/mol. The fraction of sp³-hybridized carbons (Fsp3) is 0.652. The molecule has 1 saturated carbocycles. The molecule has 3 fully saturated rings. The smallest absolute Gasteiger partial charge is 0.300 e. The van der Waals surface area contributed by atoms with Gasteiger partial charge in [0.25, 0.3) is 0 Å². The van der Waals surface area contributed by atoms with Gasteiger partial charge in [-0.1, -0.05) is 0 Å². The first-order chi connectivity index (χ1) is 15.4. The molecule has 3 aliphatic rings. The van der Waals surface area contributed by atoms with Crippen molar-refractivity contribution in [1.82, 2.24) is 19.7 Å². The summed E-state index contributed by atoms with van der Waals surface area (Å²) in [6.45, 7) is 5.85. The van der Waals surface area contributed by atoms with Gasteiger partial charge in [0.05, 0.1) is 22.8 Å². The van der Waals surface area contributed by atoms with E-state index in [4.69, 9.17) is 0 Å². The van der Waals surface area contributed by atoms with Crippen LogP contribution in [0.5, 0.6) is 0 Å². The molecule has 1 aliphatic carbocycles. The van der Waals surface area contributed by atoms with Gasteiger partial charge in [-0.2, -0.15) is 18.3 Å². The molecule has 180 valence electrons. The third kappa shape index (κ3) is 4.32. The molecule has 4 heterocycles. The number of pyridine rings is 1. The van der Waals surface area contributed by atoms with E-state index >= 15 is 0 Å². The molecule has 33 heavy (non-hydrogen) atoms. The van der Waals surface area contributed by atoms with Crippen molar-refractivity contribution >= 4 is 9.84 Å². The molecule has 10 heteroatoms. The standard InChI is InChI=1S/C23H29F3N4O2S/c1-15(2)30-21(9-20(28-30)17-7-18(11-27-10-17)23(24,25)26)16-3-4-19(8-16)29-6-5-22(12-29)13-33(31,32)14-22/h7,9-11,15-16,19H,3-6,8,12-14H2,1-2H3/t16-,19-/m0/s1. The van der Waals surface area contributed by atoms with E-state index in [2.05, 4.69) is 15.0 Å². The van der Waals surface area contributed by atoms with Crippen molar-refractivity contribution in [3.63, 3.8) is 0 Å². The van der Waals surface area contributed by atoms with Gasteiger partial charge in [-0.25, -0.2) is 8.42 Å². The van der Waals surface area contributed by atoms with Gasteiger partial charge >= 0.3 is 6.18 Å². The van der Waals surface area contributed by atoms with Crippen LogP contribution < -0.4 is 0 Å². The first kappa shape index (κ1) is 22.8. The van der Waals surface area contributed by atoms with Crippen molar-refractivity contribution in [2.75, 3.05) is 24.6 Å². The van der Waals surface area contributed by atoms with Gasteiger partial charge < -0.3 is 0 Å². The quantitative estimate of drug-likeness (QED) is 0.650. The Morgan fingerprint density at radius 2 is 1.91 bits per heavy atom. The SMILES string of the molecule is CC(C)n1nc(-c2cncc(C(F)(F)F)c2)cc1[C@H]1CC[C@H](N2CCC3(C2)CS(=O)(=O)C3)C1. The Labute approximate surface area is 192 Å². The average molecular weight is 483 g/mol. The monoisotopic (exact) mass is 482 g/mol. The maximum Gasteiger partial charge on any atom is 0.417 e. The minimum Gasteiger partial charge on any atom is -0.300 e. The van der Waals surface area contributed by atoms with Crippen LogP contribution in [0.25, 0.3) is 11.3 Å². The first-order valence-electron chi connectivity index (χ1n) is 11.5. The Balaban J connectivity index is 1.34. The van der Waals surface area contributed by atoms with Crippen LogP contribution in [0.15, 0.2) is 24.5 Å². The summed E-state index contributed by atoms with van der Waals surface area (Å²) in [5.41, 5.74) is 1.12. The number of likely N-dealkylation sites (tertiary alicyclic amines) is 1. The summed E-state index contributed by atoms with van der Waals surface area (Å²) < 4.78 is 64.8. The van der Waals surface area contributed by atoms with Crippen molar-refractivity contribution < 1.29 is 21.6 Å². The molecule has 0 N–H and O–H groups in total. The van der Waals surface area contributed by atoms with Crippen LogP contribution in [0, 0.1) is 5.41 Å². The molecule has 1 spiro atoms. The average Bonchev–Trinajstić information content (AvgIpc) is 3.44. The van der Waals surface area contributed by atoms with E-state index < -0.39 is 21.6 Å². The van der Waals surface area contributed by atoms with E-state index in [1.54, 1.807) is 0 Å². The highest BCUT2D eigenvalue weighted by Crippen LogP contribution is 2.46. The molecule has 2 atom stereocenters. The van der Waals surface area contributed by atoms with Crippen LogP contribution in [0.1, 0.15) is 62.7 Å². The van der Waals surface area contributed by atoms with Crippen molar-refractivity contribution in [1.29, 1.82) is 0 Å². The number of aromatic nitrogens is 3. The molecule has 0 bridgehead atoms. The van der Waals surface area contributed by atoms with Gasteiger partial charge in [0.2, 0.25) is 0 Å². The van der Waals surface area contributed by atoms with Gasteiger partial charge in [0.15, 0.2) is 9.84 Å². The molecule has 0 unspecified atom stereocenters. The predicted octanol–water partition coefficient (Wildman–Crippen LogP) is 4.30. The molecule has 6 nitrogen and oxygen atoms in total. The lowest BCUT2D eigenvalue weighted by molar-refractivity contribution is -0.137. The van der Waals surface area contributed by atoms with E-state index in [-0.39, 0.29) is 17.4 Å². The summed E-state index contributed by atoms with van der Waals surface area (Å²) in [7, 11) is -2.84. The molecule has 2 aliphatic heterocycles. The van der Waals surface area contributed by atoms with Gasteiger partial charge in [0.1, 0.15) is 0 Å². The summed E-state index contributed by atoms with van der Waals surface area (Å²) >= 11 is 0. The summed E-state index contributed by atoms with van der Waals surface area (Å²) in [5.74, 6) is 0.918. The fourth-order valence-electron chi connectivity index (χ4n) is 5.97. The van der Waals surface area contributed by atoms with Crippen molar-refractivity contribution in [2.45, 2.75) is 63.7 Å². The molecule has 0 aromatic carbocycles. The highest BCUT2D eigenvalue weighted by atomic mass is 32.2. The molecular formula is C23H29F3N4O2S. The number of halogens is 3. The minimum absolute atomic E-state index is 0.0414. The lowest BCUT2D eigenvalue weighted by Gasteiger charge is -2.38. The first-order valence-corrected chi connectivity index (χ1v) is 13.3. The topological polar surface area (TPSA) is 68.1 Å². The largest absolute Gasteiger partial charge is 0.417 e. The van der Waals surface area contributed by atoms with Crippen LogP contribution >= 0.6 is 0 Å². The van der Waals surface area contributed by atoms with E-state index in [9.17, 15) is 21.6 Å². The molecule has 2 saturated heterocycles. The molecule has 5 rings (SSSR count). The number of alkyl halides is 3. The zero-order chi connectivity index (χ0) is 23.6. The summed E-state index contributed by atoms with van der Waals surface area (Å²) in [6.07, 6.45) is 1.76. The van der Waals surface area contributed by atoms with E-state index in [0.717, 1.165) is 56.7 Å². The Morgan fingerprint density at radius 3 is 2.58 bits per heavy atom. The third-order valence-electron chi connectivity index (χ3n) is 7.47. The lowest BCUT2D eigenvalue weighted by Crippen LogP contribution is -2.50. The molecule has 2 aromatic heterocycles.